The summed E-state index contributed by atoms with van der Waals surface area (Å²) in [6.07, 6.45) is 2.96. The first-order valence-electron chi connectivity index (χ1n) is 5.80. The number of aliphatic hydroxyl groups excluding tert-OH is 1. The molecule has 0 aliphatic rings. The van der Waals surface area contributed by atoms with Crippen molar-refractivity contribution in [1.82, 2.24) is 5.32 Å². The van der Waals surface area contributed by atoms with Crippen LogP contribution in [0.2, 0.25) is 0 Å². The molecule has 2 N–H and O–H groups in total. The normalized spacial score (nSPS) is 12.5. The van der Waals surface area contributed by atoms with E-state index in [0.29, 0.717) is 0 Å². The van der Waals surface area contributed by atoms with E-state index in [1.165, 1.54) is 5.56 Å². The summed E-state index contributed by atoms with van der Waals surface area (Å²) < 4.78 is 5.34. The quantitative estimate of drug-likeness (QED) is 0.734. The Morgan fingerprint density at radius 1 is 1.47 bits per heavy atom. The van der Waals surface area contributed by atoms with Crippen molar-refractivity contribution in [3.63, 3.8) is 0 Å². The SMILES string of the molecule is CCC(CO)NCc1ccc(SC)c(OC)c1. The molecule has 0 heterocycles. The number of ether oxygens (including phenoxy) is 1. The molecule has 1 rings (SSSR count). The van der Waals surface area contributed by atoms with Gasteiger partial charge in [0.2, 0.25) is 0 Å². The van der Waals surface area contributed by atoms with Gasteiger partial charge in [-0.15, -0.1) is 11.8 Å². The standard InChI is InChI=1S/C13H21NO2S/c1-4-11(9-15)14-8-10-5-6-13(17-3)12(7-10)16-2/h5-7,11,14-15H,4,8-9H2,1-3H3. The maximum atomic E-state index is 9.10. The molecule has 17 heavy (non-hydrogen) atoms. The van der Waals surface area contributed by atoms with Crippen LogP contribution >= 0.6 is 11.8 Å². The third kappa shape index (κ3) is 4.22. The molecule has 0 fully saturated rings. The summed E-state index contributed by atoms with van der Waals surface area (Å²) in [5.41, 5.74) is 1.17. The minimum Gasteiger partial charge on any atom is -0.496 e. The molecule has 1 aromatic rings. The Bertz CT molecular complexity index is 340. The van der Waals surface area contributed by atoms with Crippen LogP contribution in [0.4, 0.5) is 0 Å². The van der Waals surface area contributed by atoms with Gasteiger partial charge in [-0.25, -0.2) is 0 Å². The zero-order chi connectivity index (χ0) is 12.7. The highest BCUT2D eigenvalue weighted by Gasteiger charge is 2.06. The Morgan fingerprint density at radius 3 is 2.76 bits per heavy atom. The number of benzene rings is 1. The molecule has 1 unspecified atom stereocenters. The second-order valence-electron chi connectivity index (χ2n) is 3.86. The molecule has 0 saturated heterocycles. The number of thioether (sulfide) groups is 1. The van der Waals surface area contributed by atoms with Crippen LogP contribution < -0.4 is 10.1 Å². The van der Waals surface area contributed by atoms with E-state index in [1.807, 2.05) is 12.3 Å². The van der Waals surface area contributed by atoms with Crippen molar-refractivity contribution in [1.29, 1.82) is 0 Å². The monoisotopic (exact) mass is 255 g/mol. The molecule has 0 saturated carbocycles. The average molecular weight is 255 g/mol. The van der Waals surface area contributed by atoms with Crippen LogP contribution in [-0.2, 0) is 6.54 Å². The van der Waals surface area contributed by atoms with Gasteiger partial charge in [0.1, 0.15) is 5.75 Å². The fourth-order valence-electron chi connectivity index (χ4n) is 1.59. The summed E-state index contributed by atoms with van der Waals surface area (Å²) in [6.45, 7) is 2.99. The van der Waals surface area contributed by atoms with Gasteiger partial charge in [-0.2, -0.15) is 0 Å². The summed E-state index contributed by atoms with van der Waals surface area (Å²) >= 11 is 1.68. The first-order valence-corrected chi connectivity index (χ1v) is 7.02. The first kappa shape index (κ1) is 14.4. The molecule has 0 spiro atoms. The number of hydrogen-bond acceptors (Lipinski definition) is 4. The number of aliphatic hydroxyl groups is 1. The van der Waals surface area contributed by atoms with E-state index >= 15 is 0 Å². The van der Waals surface area contributed by atoms with Crippen LogP contribution in [0.25, 0.3) is 0 Å². The van der Waals surface area contributed by atoms with Crippen LogP contribution in [0, 0.1) is 0 Å². The molecular formula is C13H21NO2S. The Balaban J connectivity index is 2.66. The van der Waals surface area contributed by atoms with Crippen LogP contribution in [0.5, 0.6) is 5.75 Å². The summed E-state index contributed by atoms with van der Waals surface area (Å²) in [6, 6.07) is 6.37. The maximum absolute atomic E-state index is 9.10. The summed E-state index contributed by atoms with van der Waals surface area (Å²) in [4.78, 5) is 1.14. The Hall–Kier alpha value is -0.710. The molecule has 4 heteroatoms. The molecule has 0 bridgehead atoms. The lowest BCUT2D eigenvalue weighted by atomic mass is 10.2. The topological polar surface area (TPSA) is 41.5 Å². The number of rotatable bonds is 7. The fraction of sp³-hybridized carbons (Fsp3) is 0.538. The van der Waals surface area contributed by atoms with Crippen molar-refractivity contribution in [3.05, 3.63) is 23.8 Å². The molecule has 0 radical (unpaired) electrons. The summed E-state index contributed by atoms with van der Waals surface area (Å²) in [5, 5.41) is 12.4. The van der Waals surface area contributed by atoms with Gasteiger partial charge in [0.25, 0.3) is 0 Å². The predicted octanol–water partition coefficient (Wildman–Crippen LogP) is 2.28. The van der Waals surface area contributed by atoms with E-state index in [-0.39, 0.29) is 12.6 Å². The second-order valence-corrected chi connectivity index (χ2v) is 4.71. The van der Waals surface area contributed by atoms with Crippen LogP contribution in [0.3, 0.4) is 0 Å². The van der Waals surface area contributed by atoms with E-state index in [0.717, 1.165) is 23.6 Å². The van der Waals surface area contributed by atoms with E-state index in [1.54, 1.807) is 18.9 Å². The van der Waals surface area contributed by atoms with Crippen LogP contribution in [-0.4, -0.2) is 31.1 Å². The third-order valence-electron chi connectivity index (χ3n) is 2.76. The highest BCUT2D eigenvalue weighted by Crippen LogP contribution is 2.28. The number of nitrogens with one attached hydrogen (secondary N) is 1. The predicted molar refractivity (Wildman–Crippen MR) is 72.8 cm³/mol. The molecule has 0 aromatic heterocycles. The number of hydrogen-bond donors (Lipinski definition) is 2. The fourth-order valence-corrected chi connectivity index (χ4v) is 2.14. The molecule has 0 amide bonds. The smallest absolute Gasteiger partial charge is 0.132 e. The van der Waals surface area contributed by atoms with E-state index in [9.17, 15) is 0 Å². The van der Waals surface area contributed by atoms with Gasteiger partial charge >= 0.3 is 0 Å². The Kier molecular flexibility index (Phi) is 6.40. The van der Waals surface area contributed by atoms with Crippen molar-refractivity contribution in [2.45, 2.75) is 30.8 Å². The van der Waals surface area contributed by atoms with E-state index < -0.39 is 0 Å². The lowest BCUT2D eigenvalue weighted by Crippen LogP contribution is -2.31. The average Bonchev–Trinajstić information content (AvgIpc) is 2.39. The van der Waals surface area contributed by atoms with Gasteiger partial charge in [-0.05, 0) is 30.4 Å². The molecule has 96 valence electrons. The van der Waals surface area contributed by atoms with Crippen LogP contribution in [0.1, 0.15) is 18.9 Å². The molecule has 3 nitrogen and oxygen atoms in total. The van der Waals surface area contributed by atoms with Gasteiger partial charge in [0, 0.05) is 17.5 Å². The van der Waals surface area contributed by atoms with E-state index in [2.05, 4.69) is 24.4 Å². The molecule has 0 aliphatic heterocycles. The van der Waals surface area contributed by atoms with Gasteiger partial charge in [0.05, 0.1) is 13.7 Å². The Labute approximate surface area is 108 Å². The lowest BCUT2D eigenvalue weighted by molar-refractivity contribution is 0.238. The zero-order valence-electron chi connectivity index (χ0n) is 10.7. The van der Waals surface area contributed by atoms with Crippen molar-refractivity contribution in [2.75, 3.05) is 20.0 Å². The van der Waals surface area contributed by atoms with Crippen molar-refractivity contribution < 1.29 is 9.84 Å². The van der Waals surface area contributed by atoms with Crippen LogP contribution in [0.15, 0.2) is 23.1 Å². The summed E-state index contributed by atoms with van der Waals surface area (Å²) in [7, 11) is 1.69. The highest BCUT2D eigenvalue weighted by molar-refractivity contribution is 7.98. The van der Waals surface area contributed by atoms with E-state index in [4.69, 9.17) is 9.84 Å². The Morgan fingerprint density at radius 2 is 2.24 bits per heavy atom. The van der Waals surface area contributed by atoms with Gasteiger partial charge in [-0.3, -0.25) is 0 Å². The van der Waals surface area contributed by atoms with Gasteiger partial charge in [0.15, 0.2) is 0 Å². The first-order chi connectivity index (χ1) is 8.24. The highest BCUT2D eigenvalue weighted by atomic mass is 32.2. The number of methoxy groups -OCH3 is 1. The van der Waals surface area contributed by atoms with Crippen molar-refractivity contribution in [2.24, 2.45) is 0 Å². The second kappa shape index (κ2) is 7.58. The molecule has 1 atom stereocenters. The van der Waals surface area contributed by atoms with Crippen molar-refractivity contribution in [3.8, 4) is 5.75 Å². The maximum Gasteiger partial charge on any atom is 0.132 e. The summed E-state index contributed by atoms with van der Waals surface area (Å²) in [5.74, 6) is 0.911. The molecule has 0 aliphatic carbocycles. The zero-order valence-corrected chi connectivity index (χ0v) is 11.5. The molecule has 1 aromatic carbocycles. The van der Waals surface area contributed by atoms with Crippen molar-refractivity contribution >= 4 is 11.8 Å². The minimum atomic E-state index is 0.168. The molecular weight excluding hydrogens is 234 g/mol. The third-order valence-corrected chi connectivity index (χ3v) is 3.53. The minimum absolute atomic E-state index is 0.168. The lowest BCUT2D eigenvalue weighted by Gasteiger charge is -2.15. The largest absolute Gasteiger partial charge is 0.496 e. The van der Waals surface area contributed by atoms with Gasteiger partial charge in [-0.1, -0.05) is 13.0 Å². The van der Waals surface area contributed by atoms with Gasteiger partial charge < -0.3 is 15.2 Å².